The third-order valence-electron chi connectivity index (χ3n) is 3.82. The standard InChI is InChI=1S/C19H21F2N3O3/c1-11(18(25)23-15-7-8-16(20)17(21)10-15)22-13-5-4-6-14(9-13)24-19(26)12(2)27-3/h4-12,22H,1-3H3,(H,23,25)(H,24,26). The van der Waals surface area contributed by atoms with Crippen LogP contribution in [0.5, 0.6) is 0 Å². The van der Waals surface area contributed by atoms with Crippen LogP contribution in [-0.2, 0) is 14.3 Å². The van der Waals surface area contributed by atoms with Gasteiger partial charge in [-0.15, -0.1) is 0 Å². The van der Waals surface area contributed by atoms with Gasteiger partial charge in [-0.05, 0) is 44.2 Å². The Balaban J connectivity index is 1.99. The van der Waals surface area contributed by atoms with Crippen molar-refractivity contribution in [1.29, 1.82) is 0 Å². The Bertz CT molecular complexity index is 830. The SMILES string of the molecule is COC(C)C(=O)Nc1cccc(NC(C)C(=O)Nc2ccc(F)c(F)c2)c1. The van der Waals surface area contributed by atoms with Crippen molar-refractivity contribution in [1.82, 2.24) is 0 Å². The van der Waals surface area contributed by atoms with Crippen molar-refractivity contribution < 1.29 is 23.1 Å². The van der Waals surface area contributed by atoms with E-state index in [0.29, 0.717) is 11.4 Å². The van der Waals surface area contributed by atoms with E-state index in [1.807, 2.05) is 0 Å². The first kappa shape index (κ1) is 20.3. The van der Waals surface area contributed by atoms with Crippen LogP contribution in [0.25, 0.3) is 0 Å². The van der Waals surface area contributed by atoms with Crippen LogP contribution in [0.1, 0.15) is 13.8 Å². The molecule has 2 rings (SSSR count). The minimum atomic E-state index is -1.04. The van der Waals surface area contributed by atoms with E-state index in [0.717, 1.165) is 12.1 Å². The summed E-state index contributed by atoms with van der Waals surface area (Å²) in [7, 11) is 1.44. The summed E-state index contributed by atoms with van der Waals surface area (Å²) in [6.45, 7) is 3.25. The van der Waals surface area contributed by atoms with Crippen LogP contribution in [0.4, 0.5) is 25.8 Å². The molecule has 0 aliphatic heterocycles. The number of carbonyl (C=O) groups is 2. The van der Waals surface area contributed by atoms with Crippen LogP contribution in [0, 0.1) is 11.6 Å². The average molecular weight is 377 g/mol. The van der Waals surface area contributed by atoms with Crippen molar-refractivity contribution in [2.45, 2.75) is 26.0 Å². The fraction of sp³-hybridized carbons (Fsp3) is 0.263. The van der Waals surface area contributed by atoms with Gasteiger partial charge in [0.1, 0.15) is 12.1 Å². The van der Waals surface area contributed by atoms with Crippen LogP contribution in [0.3, 0.4) is 0 Å². The molecule has 0 saturated heterocycles. The highest BCUT2D eigenvalue weighted by Gasteiger charge is 2.15. The van der Waals surface area contributed by atoms with E-state index in [1.54, 1.807) is 38.1 Å². The maximum absolute atomic E-state index is 13.2. The third-order valence-corrected chi connectivity index (χ3v) is 3.82. The molecule has 2 aromatic rings. The normalized spacial score (nSPS) is 12.8. The second-order valence-corrected chi connectivity index (χ2v) is 5.93. The second-order valence-electron chi connectivity index (χ2n) is 5.93. The van der Waals surface area contributed by atoms with Crippen molar-refractivity contribution in [3.05, 3.63) is 54.1 Å². The van der Waals surface area contributed by atoms with Crippen LogP contribution in [-0.4, -0.2) is 31.1 Å². The topological polar surface area (TPSA) is 79.5 Å². The molecule has 0 saturated carbocycles. The molecule has 2 amide bonds. The molecule has 0 spiro atoms. The lowest BCUT2D eigenvalue weighted by molar-refractivity contribution is -0.124. The number of halogens is 2. The molecular weight excluding hydrogens is 356 g/mol. The molecule has 6 nitrogen and oxygen atoms in total. The zero-order chi connectivity index (χ0) is 20.0. The van der Waals surface area contributed by atoms with E-state index < -0.39 is 29.7 Å². The van der Waals surface area contributed by atoms with E-state index in [9.17, 15) is 18.4 Å². The lowest BCUT2D eigenvalue weighted by Gasteiger charge is -2.17. The van der Waals surface area contributed by atoms with Gasteiger partial charge in [0.25, 0.3) is 5.91 Å². The highest BCUT2D eigenvalue weighted by Crippen LogP contribution is 2.18. The quantitative estimate of drug-likeness (QED) is 0.691. The molecule has 2 atom stereocenters. The zero-order valence-corrected chi connectivity index (χ0v) is 15.2. The lowest BCUT2D eigenvalue weighted by atomic mass is 10.2. The molecule has 2 unspecified atom stereocenters. The number of methoxy groups -OCH3 is 1. The maximum Gasteiger partial charge on any atom is 0.253 e. The Morgan fingerprint density at radius 1 is 0.889 bits per heavy atom. The van der Waals surface area contributed by atoms with Gasteiger partial charge in [-0.2, -0.15) is 0 Å². The predicted octanol–water partition coefficient (Wildman–Crippen LogP) is 3.38. The highest BCUT2D eigenvalue weighted by molar-refractivity contribution is 5.97. The number of benzene rings is 2. The summed E-state index contributed by atoms with van der Waals surface area (Å²) in [5.41, 5.74) is 1.30. The Hall–Kier alpha value is -3.00. The molecular formula is C19H21F2N3O3. The number of nitrogens with one attached hydrogen (secondary N) is 3. The molecule has 0 heterocycles. The first-order valence-corrected chi connectivity index (χ1v) is 8.26. The van der Waals surface area contributed by atoms with Gasteiger partial charge in [0.15, 0.2) is 11.6 Å². The molecule has 144 valence electrons. The minimum absolute atomic E-state index is 0.155. The van der Waals surface area contributed by atoms with E-state index in [-0.39, 0.29) is 11.6 Å². The Morgan fingerprint density at radius 2 is 1.52 bits per heavy atom. The second kappa shape index (κ2) is 9.09. The van der Waals surface area contributed by atoms with E-state index in [1.165, 1.54) is 13.2 Å². The van der Waals surface area contributed by atoms with Crippen LogP contribution in [0.15, 0.2) is 42.5 Å². The smallest absolute Gasteiger partial charge is 0.253 e. The fourth-order valence-electron chi connectivity index (χ4n) is 2.18. The average Bonchev–Trinajstić information content (AvgIpc) is 2.64. The third kappa shape index (κ3) is 5.75. The number of hydrogen-bond donors (Lipinski definition) is 3. The van der Waals surface area contributed by atoms with Gasteiger partial charge in [0.2, 0.25) is 5.91 Å². The van der Waals surface area contributed by atoms with Crippen LogP contribution in [0.2, 0.25) is 0 Å². The summed E-state index contributed by atoms with van der Waals surface area (Å²) < 4.78 is 31.1. The highest BCUT2D eigenvalue weighted by atomic mass is 19.2. The van der Waals surface area contributed by atoms with E-state index in [4.69, 9.17) is 4.74 Å². The zero-order valence-electron chi connectivity index (χ0n) is 15.2. The molecule has 0 bridgehead atoms. The number of carbonyl (C=O) groups excluding carboxylic acids is 2. The number of amides is 2. The van der Waals surface area contributed by atoms with Crippen molar-refractivity contribution in [3.63, 3.8) is 0 Å². The molecule has 0 fully saturated rings. The summed E-state index contributed by atoms with van der Waals surface area (Å²) in [4.78, 5) is 24.1. The molecule has 3 N–H and O–H groups in total. The van der Waals surface area contributed by atoms with Crippen LogP contribution >= 0.6 is 0 Å². The summed E-state index contributed by atoms with van der Waals surface area (Å²) >= 11 is 0. The van der Waals surface area contributed by atoms with E-state index >= 15 is 0 Å². The first-order valence-electron chi connectivity index (χ1n) is 8.26. The predicted molar refractivity (Wildman–Crippen MR) is 99.6 cm³/mol. The summed E-state index contributed by atoms with van der Waals surface area (Å²) in [6, 6.07) is 9.28. The maximum atomic E-state index is 13.2. The van der Waals surface area contributed by atoms with E-state index in [2.05, 4.69) is 16.0 Å². The molecule has 0 aliphatic rings. The molecule has 27 heavy (non-hydrogen) atoms. The van der Waals surface area contributed by atoms with Gasteiger partial charge in [-0.1, -0.05) is 6.07 Å². The summed E-state index contributed by atoms with van der Waals surface area (Å²) in [5.74, 6) is -2.75. The number of rotatable bonds is 7. The van der Waals surface area contributed by atoms with Crippen molar-refractivity contribution in [2.75, 3.05) is 23.1 Å². The fourth-order valence-corrected chi connectivity index (χ4v) is 2.18. The van der Waals surface area contributed by atoms with Gasteiger partial charge in [0, 0.05) is 30.2 Å². The van der Waals surface area contributed by atoms with Gasteiger partial charge >= 0.3 is 0 Å². The monoisotopic (exact) mass is 377 g/mol. The lowest BCUT2D eigenvalue weighted by Crippen LogP contribution is -2.32. The Morgan fingerprint density at radius 3 is 2.19 bits per heavy atom. The van der Waals surface area contributed by atoms with Crippen molar-refractivity contribution in [3.8, 4) is 0 Å². The van der Waals surface area contributed by atoms with Crippen molar-refractivity contribution in [2.24, 2.45) is 0 Å². The molecule has 0 aromatic heterocycles. The number of ether oxygens (including phenoxy) is 1. The summed E-state index contributed by atoms with van der Waals surface area (Å²) in [5, 5.41) is 8.19. The van der Waals surface area contributed by atoms with Gasteiger partial charge in [-0.3, -0.25) is 9.59 Å². The molecule has 0 radical (unpaired) electrons. The minimum Gasteiger partial charge on any atom is -0.374 e. The largest absolute Gasteiger partial charge is 0.374 e. The van der Waals surface area contributed by atoms with Crippen molar-refractivity contribution >= 4 is 28.9 Å². The summed E-state index contributed by atoms with van der Waals surface area (Å²) in [6.07, 6.45) is -0.595. The molecule has 0 aliphatic carbocycles. The van der Waals surface area contributed by atoms with Crippen LogP contribution < -0.4 is 16.0 Å². The van der Waals surface area contributed by atoms with Gasteiger partial charge < -0.3 is 20.7 Å². The molecule has 8 heteroatoms. The van der Waals surface area contributed by atoms with Gasteiger partial charge in [0.05, 0.1) is 0 Å². The van der Waals surface area contributed by atoms with Gasteiger partial charge in [-0.25, -0.2) is 8.78 Å². The first-order chi connectivity index (χ1) is 12.8. The number of anilines is 3. The molecule has 2 aromatic carbocycles. The number of hydrogen-bond acceptors (Lipinski definition) is 4. The Labute approximate surface area is 155 Å². The Kier molecular flexibility index (Phi) is 6.84.